The predicted octanol–water partition coefficient (Wildman–Crippen LogP) is 5.52. The maximum atomic E-state index is 13.5. The number of methoxy groups -OCH3 is 2. The molecule has 3 aromatic carbocycles. The molecule has 48 heavy (non-hydrogen) atoms. The van der Waals surface area contributed by atoms with Gasteiger partial charge in [-0.15, -0.1) is 0 Å². The van der Waals surface area contributed by atoms with Gasteiger partial charge in [0, 0.05) is 39.7 Å². The predicted molar refractivity (Wildman–Crippen MR) is 181 cm³/mol. The number of ketones is 1. The average Bonchev–Trinajstić information content (AvgIpc) is 3.66. The van der Waals surface area contributed by atoms with Crippen LogP contribution >= 0.6 is 0 Å². The van der Waals surface area contributed by atoms with E-state index >= 15 is 0 Å². The molecule has 11 nitrogen and oxygen atoms in total. The Kier molecular flexibility index (Phi) is 8.86. The van der Waals surface area contributed by atoms with Gasteiger partial charge in [-0.3, -0.25) is 4.79 Å². The Hall–Kier alpha value is -4.97. The average molecular weight is 674 g/mol. The van der Waals surface area contributed by atoms with Crippen LogP contribution in [0.5, 0.6) is 17.2 Å². The van der Waals surface area contributed by atoms with Gasteiger partial charge in [-0.05, 0) is 75.4 Å². The van der Waals surface area contributed by atoms with Crippen molar-refractivity contribution in [3.05, 3.63) is 94.4 Å². The summed E-state index contributed by atoms with van der Waals surface area (Å²) in [7, 11) is -1.60. The van der Waals surface area contributed by atoms with Crippen LogP contribution in [-0.2, 0) is 21.2 Å². The highest BCUT2D eigenvalue weighted by atomic mass is 32.2. The summed E-state index contributed by atoms with van der Waals surface area (Å²) < 4.78 is 50.8. The number of aryl methyl sites for hydroxylation is 1. The van der Waals surface area contributed by atoms with Gasteiger partial charge in [0.1, 0.15) is 17.2 Å². The highest BCUT2D eigenvalue weighted by molar-refractivity contribution is 7.90. The van der Waals surface area contributed by atoms with Gasteiger partial charge in [0.25, 0.3) is 10.0 Å². The Morgan fingerprint density at radius 3 is 2.23 bits per heavy atom. The molecular formula is C36H39N3O8S. The highest BCUT2D eigenvalue weighted by Gasteiger charge is 2.45. The zero-order valence-electron chi connectivity index (χ0n) is 27.6. The van der Waals surface area contributed by atoms with Crippen LogP contribution in [0, 0.1) is 6.92 Å². The molecule has 12 heteroatoms. The first-order valence-electron chi connectivity index (χ1n) is 15.9. The third kappa shape index (κ3) is 6.08. The summed E-state index contributed by atoms with van der Waals surface area (Å²) in [6.07, 6.45) is 4.00. The lowest BCUT2D eigenvalue weighted by atomic mass is 9.85. The number of rotatable bonds is 12. The Morgan fingerprint density at radius 2 is 1.60 bits per heavy atom. The van der Waals surface area contributed by atoms with Crippen molar-refractivity contribution in [2.45, 2.75) is 50.5 Å². The van der Waals surface area contributed by atoms with Crippen molar-refractivity contribution in [3.8, 4) is 17.2 Å². The fourth-order valence-electron chi connectivity index (χ4n) is 6.49. The molecule has 0 atom stereocenters. The van der Waals surface area contributed by atoms with Gasteiger partial charge in [-0.1, -0.05) is 30.3 Å². The molecule has 0 spiro atoms. The molecule has 0 bridgehead atoms. The van der Waals surface area contributed by atoms with Crippen molar-refractivity contribution in [1.29, 1.82) is 0 Å². The topological polar surface area (TPSA) is 133 Å². The molecule has 0 radical (unpaired) electrons. The van der Waals surface area contributed by atoms with Crippen molar-refractivity contribution < 1.29 is 37.0 Å². The Bertz CT molecular complexity index is 1940. The van der Waals surface area contributed by atoms with Crippen LogP contribution in [0.4, 0.5) is 10.5 Å². The van der Waals surface area contributed by atoms with Crippen molar-refractivity contribution in [3.63, 3.8) is 0 Å². The number of hydrogen-bond acceptors (Lipinski definition) is 9. The molecule has 2 amide bonds. The zero-order chi connectivity index (χ0) is 34.2. The first-order valence-corrected chi connectivity index (χ1v) is 17.3. The Morgan fingerprint density at radius 1 is 0.938 bits per heavy atom. The summed E-state index contributed by atoms with van der Waals surface area (Å²) >= 11 is 0. The van der Waals surface area contributed by atoms with E-state index in [1.807, 2.05) is 51.1 Å². The number of nitrogens with one attached hydrogen (secondary N) is 2. The monoisotopic (exact) mass is 673 g/mol. The van der Waals surface area contributed by atoms with Gasteiger partial charge < -0.3 is 29.2 Å². The number of allylic oxidation sites excluding steroid dienone is 1. The highest BCUT2D eigenvalue weighted by Crippen LogP contribution is 2.46. The molecule has 0 unspecified atom stereocenters. The SMILES string of the molecule is CCOC1=C2CN(c3ccc(CC4(NC(=O)NS(=O)(=O)c5c(OC)cccc5OC)CC4)cc3C)C=C2c2c(OCC)cccc2C1=O. The van der Waals surface area contributed by atoms with Crippen LogP contribution in [0.15, 0.2) is 77.0 Å². The number of carbonyl (C=O) groups is 2. The summed E-state index contributed by atoms with van der Waals surface area (Å²) in [5.41, 5.74) is 5.50. The van der Waals surface area contributed by atoms with Crippen LogP contribution in [0.1, 0.15) is 53.7 Å². The minimum absolute atomic E-state index is 0.0650. The lowest BCUT2D eigenvalue weighted by Gasteiger charge is -2.23. The summed E-state index contributed by atoms with van der Waals surface area (Å²) in [6, 6.07) is 15.4. The normalized spacial score (nSPS) is 16.1. The summed E-state index contributed by atoms with van der Waals surface area (Å²) in [5.74, 6) is 1.02. The lowest BCUT2D eigenvalue weighted by molar-refractivity contribution is 0.0920. The number of urea groups is 1. The summed E-state index contributed by atoms with van der Waals surface area (Å²) in [5, 5.41) is 2.89. The molecule has 1 aliphatic heterocycles. The molecule has 252 valence electrons. The molecule has 3 aliphatic rings. The molecule has 6 rings (SSSR count). The van der Waals surface area contributed by atoms with Crippen molar-refractivity contribution in [2.24, 2.45) is 0 Å². The number of amides is 2. The van der Waals surface area contributed by atoms with Gasteiger partial charge in [0.05, 0.1) is 34.0 Å². The van der Waals surface area contributed by atoms with E-state index in [1.54, 1.807) is 6.07 Å². The van der Waals surface area contributed by atoms with E-state index in [2.05, 4.69) is 27.2 Å². The van der Waals surface area contributed by atoms with Gasteiger partial charge >= 0.3 is 6.03 Å². The fourth-order valence-corrected chi connectivity index (χ4v) is 7.72. The second-order valence-corrected chi connectivity index (χ2v) is 13.6. The lowest BCUT2D eigenvalue weighted by Crippen LogP contribution is -2.46. The number of Topliss-reactive ketones (excluding diaryl/α,β-unsaturated/α-hetero) is 1. The van der Waals surface area contributed by atoms with E-state index in [4.69, 9.17) is 18.9 Å². The van der Waals surface area contributed by atoms with Gasteiger partial charge in [0.2, 0.25) is 5.78 Å². The molecule has 2 N–H and O–H groups in total. The Balaban J connectivity index is 1.21. The van der Waals surface area contributed by atoms with Crippen LogP contribution in [-0.4, -0.2) is 59.7 Å². The van der Waals surface area contributed by atoms with Crippen molar-refractivity contribution >= 4 is 33.1 Å². The minimum atomic E-state index is -4.29. The minimum Gasteiger partial charge on any atom is -0.495 e. The second-order valence-electron chi connectivity index (χ2n) is 12.0. The first-order chi connectivity index (χ1) is 23.0. The number of fused-ring (bicyclic) bond motifs is 3. The van der Waals surface area contributed by atoms with Crippen LogP contribution in [0.25, 0.3) is 5.57 Å². The Labute approximate surface area is 280 Å². The summed E-state index contributed by atoms with van der Waals surface area (Å²) in [6.45, 7) is 7.13. The molecule has 1 fully saturated rings. The van der Waals surface area contributed by atoms with E-state index in [9.17, 15) is 18.0 Å². The zero-order valence-corrected chi connectivity index (χ0v) is 28.5. The molecule has 1 heterocycles. The maximum absolute atomic E-state index is 13.5. The molecule has 0 aromatic heterocycles. The van der Waals surface area contributed by atoms with E-state index in [1.165, 1.54) is 26.4 Å². The van der Waals surface area contributed by atoms with Gasteiger partial charge in [0.15, 0.2) is 10.7 Å². The molecule has 2 aliphatic carbocycles. The molecule has 1 saturated carbocycles. The quantitative estimate of drug-likeness (QED) is 0.255. The number of ether oxygens (including phenoxy) is 4. The van der Waals surface area contributed by atoms with Crippen molar-refractivity contribution in [2.75, 3.05) is 38.9 Å². The largest absolute Gasteiger partial charge is 0.495 e. The van der Waals surface area contributed by atoms with E-state index in [-0.39, 0.29) is 22.2 Å². The third-order valence-electron chi connectivity index (χ3n) is 8.77. The number of carbonyl (C=O) groups excluding carboxylic acids is 2. The number of anilines is 1. The number of nitrogens with zero attached hydrogens (tertiary/aromatic N) is 1. The van der Waals surface area contributed by atoms with Crippen LogP contribution in [0.3, 0.4) is 0 Å². The maximum Gasteiger partial charge on any atom is 0.329 e. The third-order valence-corrected chi connectivity index (χ3v) is 10.2. The number of sulfonamides is 1. The van der Waals surface area contributed by atoms with Crippen LogP contribution in [0.2, 0.25) is 0 Å². The number of hydrogen-bond donors (Lipinski definition) is 2. The summed E-state index contributed by atoms with van der Waals surface area (Å²) in [4.78, 5) is 28.4. The van der Waals surface area contributed by atoms with E-state index < -0.39 is 21.6 Å². The van der Waals surface area contributed by atoms with Gasteiger partial charge in [-0.25, -0.2) is 17.9 Å². The first kappa shape index (κ1) is 33.0. The van der Waals surface area contributed by atoms with Crippen molar-refractivity contribution in [1.82, 2.24) is 10.0 Å². The fraction of sp³-hybridized carbons (Fsp3) is 0.333. The number of benzene rings is 3. The van der Waals surface area contributed by atoms with Crippen LogP contribution < -0.4 is 29.1 Å². The van der Waals surface area contributed by atoms with E-state index in [0.717, 1.165) is 33.5 Å². The standard InChI is InChI=1S/C36H39N3O8S/c1-6-46-28-11-8-10-24-31(28)25-20-39(21-26(25)33(32(24)40)47-7-2)27-15-14-23(18-22(27)3)19-36(16-17-36)37-35(41)38-48(42,43)34-29(44-4)12-9-13-30(34)45-5/h8-15,18,20H,6-7,16-17,19,21H2,1-5H3,(H2,37,38,41). The van der Waals surface area contributed by atoms with Gasteiger partial charge in [-0.2, -0.15) is 0 Å². The molecular weight excluding hydrogens is 634 g/mol. The molecule has 0 saturated heterocycles. The second kappa shape index (κ2) is 12.9. The van der Waals surface area contributed by atoms with E-state index in [0.29, 0.717) is 56.1 Å². The molecule has 3 aromatic rings. The smallest absolute Gasteiger partial charge is 0.329 e.